The fourth-order valence-electron chi connectivity index (χ4n) is 4.64. The Kier molecular flexibility index (Phi) is 7.32. The molecule has 1 aliphatic heterocycles. The van der Waals surface area contributed by atoms with Crippen LogP contribution in [0.3, 0.4) is 0 Å². The number of para-hydroxylation sites is 1. The van der Waals surface area contributed by atoms with E-state index in [0.29, 0.717) is 35.7 Å². The maximum absolute atomic E-state index is 15.1. The number of hydrogen-bond acceptors (Lipinski definition) is 7. The minimum atomic E-state index is -0.715. The first-order valence-electron chi connectivity index (χ1n) is 12.5. The summed E-state index contributed by atoms with van der Waals surface area (Å²) in [5.74, 6) is -0.332. The molecule has 1 atom stereocenters. The summed E-state index contributed by atoms with van der Waals surface area (Å²) >= 11 is 0. The second-order valence-corrected chi connectivity index (χ2v) is 9.08. The van der Waals surface area contributed by atoms with Crippen LogP contribution in [0.4, 0.5) is 10.2 Å². The lowest BCUT2D eigenvalue weighted by Crippen LogP contribution is -2.45. The van der Waals surface area contributed by atoms with Crippen LogP contribution in [0.1, 0.15) is 35.7 Å². The number of H-pyrrole nitrogens is 1. The van der Waals surface area contributed by atoms with Crippen LogP contribution in [-0.2, 0) is 4.79 Å². The van der Waals surface area contributed by atoms with Gasteiger partial charge in [0.2, 0.25) is 0 Å². The van der Waals surface area contributed by atoms with Gasteiger partial charge in [0, 0.05) is 31.4 Å². The summed E-state index contributed by atoms with van der Waals surface area (Å²) < 4.78 is 20.8. The number of nitrogens with zero attached hydrogens (tertiary/aromatic N) is 4. The highest BCUT2D eigenvalue weighted by atomic mass is 19.1. The summed E-state index contributed by atoms with van der Waals surface area (Å²) in [6.07, 6.45) is 5.86. The van der Waals surface area contributed by atoms with Crippen LogP contribution in [0.2, 0.25) is 0 Å². The normalized spacial score (nSPS) is 15.6. The number of carbonyl (C=O) groups is 2. The average molecular weight is 525 g/mol. The van der Waals surface area contributed by atoms with Crippen molar-refractivity contribution in [2.75, 3.05) is 18.4 Å². The van der Waals surface area contributed by atoms with Crippen molar-refractivity contribution in [1.82, 2.24) is 19.9 Å². The van der Waals surface area contributed by atoms with Gasteiger partial charge in [0.1, 0.15) is 46.8 Å². The molecule has 0 spiro atoms. The lowest BCUT2D eigenvalue weighted by molar-refractivity contribution is -0.127. The molecule has 0 bridgehead atoms. The van der Waals surface area contributed by atoms with Gasteiger partial charge in [0.05, 0.1) is 16.5 Å². The molecule has 0 radical (unpaired) electrons. The fourth-order valence-corrected chi connectivity index (χ4v) is 4.64. The Bertz CT molecular complexity index is 1610. The number of carbonyl (C=O) groups excluding carboxylic acids is 2. The molecule has 1 fully saturated rings. The number of nitrogens with one attached hydrogen (secondary N) is 2. The molecule has 1 amide bonds. The third-order valence-corrected chi connectivity index (χ3v) is 6.57. The molecule has 0 saturated carbocycles. The van der Waals surface area contributed by atoms with Crippen molar-refractivity contribution in [1.29, 1.82) is 5.26 Å². The highest BCUT2D eigenvalue weighted by Gasteiger charge is 2.27. The molecule has 0 aliphatic carbocycles. The van der Waals surface area contributed by atoms with Gasteiger partial charge in [-0.2, -0.15) is 5.26 Å². The monoisotopic (exact) mass is 524 g/mol. The number of allylic oxidation sites excluding steroid dienone is 1. The Hall–Kier alpha value is -5.04. The van der Waals surface area contributed by atoms with E-state index in [9.17, 15) is 14.9 Å². The zero-order chi connectivity index (χ0) is 27.4. The van der Waals surface area contributed by atoms with E-state index >= 15 is 4.39 Å². The minimum Gasteiger partial charge on any atom is -0.457 e. The molecular weight excluding hydrogens is 499 g/mol. The number of aromatic nitrogens is 3. The van der Waals surface area contributed by atoms with Gasteiger partial charge in [0.15, 0.2) is 5.78 Å². The van der Waals surface area contributed by atoms with E-state index in [1.807, 2.05) is 24.3 Å². The molecule has 1 saturated heterocycles. The molecule has 4 aromatic rings. The maximum atomic E-state index is 15.1. The van der Waals surface area contributed by atoms with Crippen molar-refractivity contribution >= 4 is 28.5 Å². The van der Waals surface area contributed by atoms with Gasteiger partial charge in [-0.25, -0.2) is 14.4 Å². The van der Waals surface area contributed by atoms with Crippen LogP contribution in [-0.4, -0.2) is 50.7 Å². The van der Waals surface area contributed by atoms with Crippen molar-refractivity contribution in [2.45, 2.75) is 25.8 Å². The lowest BCUT2D eigenvalue weighted by atomic mass is 10.0. The summed E-state index contributed by atoms with van der Waals surface area (Å²) in [7, 11) is 0. The highest BCUT2D eigenvalue weighted by Crippen LogP contribution is 2.30. The number of ether oxygens (including phenoxy) is 1. The van der Waals surface area contributed by atoms with Crippen LogP contribution >= 0.6 is 0 Å². The van der Waals surface area contributed by atoms with Crippen molar-refractivity contribution < 1.29 is 18.7 Å². The number of aromatic amines is 1. The lowest BCUT2D eigenvalue weighted by Gasteiger charge is -2.33. The molecule has 10 heteroatoms. The van der Waals surface area contributed by atoms with Gasteiger partial charge in [-0.3, -0.25) is 9.59 Å². The van der Waals surface area contributed by atoms with Crippen molar-refractivity contribution in [2.24, 2.45) is 0 Å². The van der Waals surface area contributed by atoms with E-state index < -0.39 is 11.6 Å². The SMILES string of the molecule is C/C=C(\C#N)C(=O)N1CCCC(Nc2ncnc3[nH]cc(C(=O)c4ccc(Oc5ccccc5)cc4F)c23)C1. The zero-order valence-corrected chi connectivity index (χ0v) is 21.1. The third-order valence-electron chi connectivity index (χ3n) is 6.57. The first-order valence-corrected chi connectivity index (χ1v) is 12.5. The van der Waals surface area contributed by atoms with Crippen LogP contribution in [0.25, 0.3) is 11.0 Å². The van der Waals surface area contributed by atoms with E-state index in [1.165, 1.54) is 30.7 Å². The molecule has 2 N–H and O–H groups in total. The number of hydrogen-bond donors (Lipinski definition) is 2. The number of amides is 1. The molecule has 5 rings (SSSR count). The summed E-state index contributed by atoms with van der Waals surface area (Å²) in [6.45, 7) is 2.58. The van der Waals surface area contributed by atoms with Crippen LogP contribution in [0.15, 0.2) is 72.7 Å². The number of rotatable bonds is 7. The number of fused-ring (bicyclic) bond motifs is 1. The molecule has 196 valence electrons. The van der Waals surface area contributed by atoms with Gasteiger partial charge in [0.25, 0.3) is 5.91 Å². The van der Waals surface area contributed by atoms with Crippen LogP contribution < -0.4 is 10.1 Å². The topological polar surface area (TPSA) is 124 Å². The Balaban J connectivity index is 1.39. The Labute approximate surface area is 223 Å². The van der Waals surface area contributed by atoms with E-state index in [4.69, 9.17) is 4.74 Å². The first-order chi connectivity index (χ1) is 19.0. The number of piperidine rings is 1. The van der Waals surface area contributed by atoms with E-state index in [1.54, 1.807) is 30.0 Å². The predicted octanol–water partition coefficient (Wildman–Crippen LogP) is 4.99. The maximum Gasteiger partial charge on any atom is 0.264 e. The largest absolute Gasteiger partial charge is 0.457 e. The number of ketones is 1. The zero-order valence-electron chi connectivity index (χ0n) is 21.1. The molecule has 39 heavy (non-hydrogen) atoms. The van der Waals surface area contributed by atoms with Crippen molar-refractivity contribution in [3.8, 4) is 17.6 Å². The molecule has 1 aliphatic rings. The van der Waals surface area contributed by atoms with Gasteiger partial charge < -0.3 is 19.9 Å². The summed E-state index contributed by atoms with van der Waals surface area (Å²) in [6, 6.07) is 14.9. The number of nitriles is 1. The smallest absolute Gasteiger partial charge is 0.264 e. The second kappa shape index (κ2) is 11.1. The molecule has 3 heterocycles. The number of anilines is 1. The number of benzene rings is 2. The van der Waals surface area contributed by atoms with Gasteiger partial charge in [-0.05, 0) is 44.0 Å². The average Bonchev–Trinajstić information content (AvgIpc) is 3.39. The van der Waals surface area contributed by atoms with Gasteiger partial charge in [-0.1, -0.05) is 24.3 Å². The highest BCUT2D eigenvalue weighted by molar-refractivity contribution is 6.18. The molecule has 9 nitrogen and oxygen atoms in total. The van der Waals surface area contributed by atoms with Gasteiger partial charge in [-0.15, -0.1) is 0 Å². The fraction of sp³-hybridized carbons (Fsp3) is 0.207. The third kappa shape index (κ3) is 5.33. The van der Waals surface area contributed by atoms with E-state index in [-0.39, 0.29) is 34.4 Å². The van der Waals surface area contributed by atoms with E-state index in [0.717, 1.165) is 12.8 Å². The summed E-state index contributed by atoms with van der Waals surface area (Å²) in [5.41, 5.74) is 0.620. The summed E-state index contributed by atoms with van der Waals surface area (Å²) in [5, 5.41) is 13.0. The molecule has 1 unspecified atom stereocenters. The first kappa shape index (κ1) is 25.6. The van der Waals surface area contributed by atoms with Gasteiger partial charge >= 0.3 is 0 Å². The Morgan fingerprint density at radius 2 is 2.00 bits per heavy atom. The molecule has 2 aromatic carbocycles. The minimum absolute atomic E-state index is 0.0980. The number of halogens is 1. The molecular formula is C29H25FN6O3. The Morgan fingerprint density at radius 1 is 1.18 bits per heavy atom. The quantitative estimate of drug-likeness (QED) is 0.198. The summed E-state index contributed by atoms with van der Waals surface area (Å²) in [4.78, 5) is 39.3. The Morgan fingerprint density at radius 3 is 2.74 bits per heavy atom. The molecule has 2 aromatic heterocycles. The second-order valence-electron chi connectivity index (χ2n) is 9.08. The standard InChI is InChI=1S/C29H25FN6O3/c1-2-18(14-31)29(38)36-12-6-7-19(16-36)35-28-25-23(15-32-27(25)33-17-34-28)26(37)22-11-10-21(13-24(22)30)39-20-8-4-3-5-9-20/h2-5,8-11,13,15,17,19H,6-7,12,16H2,1H3,(H2,32,33,34,35)/b18-2+. The van der Waals surface area contributed by atoms with Crippen molar-refractivity contribution in [3.63, 3.8) is 0 Å². The van der Waals surface area contributed by atoms with E-state index in [2.05, 4.69) is 20.3 Å². The van der Waals surface area contributed by atoms with Crippen LogP contribution in [0.5, 0.6) is 11.5 Å². The predicted molar refractivity (Wildman–Crippen MR) is 143 cm³/mol. The van der Waals surface area contributed by atoms with Crippen molar-refractivity contribution in [3.05, 3.63) is 89.6 Å². The number of likely N-dealkylation sites (tertiary alicyclic amines) is 1. The van der Waals surface area contributed by atoms with Crippen LogP contribution in [0, 0.1) is 17.1 Å².